The number of carbonyl (C=O) groups excluding carboxylic acids is 1. The van der Waals surface area contributed by atoms with Gasteiger partial charge in [-0.05, 0) is 43.0 Å². The van der Waals surface area contributed by atoms with E-state index in [2.05, 4.69) is 9.82 Å². The molecule has 1 fully saturated rings. The average molecular weight is 398 g/mol. The zero-order chi connectivity index (χ0) is 18.7. The Balaban J connectivity index is 1.66. The van der Waals surface area contributed by atoms with E-state index in [-0.39, 0.29) is 18.4 Å². The van der Waals surface area contributed by atoms with Gasteiger partial charge in [0.1, 0.15) is 0 Å². The van der Waals surface area contributed by atoms with E-state index < -0.39 is 10.2 Å². The predicted octanol–water partition coefficient (Wildman–Crippen LogP) is 1.17. The number of nitrogens with one attached hydrogen (secondary N) is 1. The summed E-state index contributed by atoms with van der Waals surface area (Å²) in [6, 6.07) is 7.15. The molecule has 0 radical (unpaired) electrons. The van der Waals surface area contributed by atoms with E-state index in [0.29, 0.717) is 23.7 Å². The number of likely N-dealkylation sites (tertiary alicyclic amines) is 1. The summed E-state index contributed by atoms with van der Waals surface area (Å²) in [6.07, 6.45) is 4.87. The van der Waals surface area contributed by atoms with Crippen LogP contribution in [-0.4, -0.2) is 48.6 Å². The number of aromatic nitrogens is 2. The van der Waals surface area contributed by atoms with Crippen molar-refractivity contribution in [2.45, 2.75) is 12.8 Å². The van der Waals surface area contributed by atoms with Gasteiger partial charge in [0, 0.05) is 30.9 Å². The highest BCUT2D eigenvalue weighted by atomic mass is 35.5. The van der Waals surface area contributed by atoms with E-state index in [0.717, 1.165) is 18.5 Å². The Hall–Kier alpha value is -1.94. The highest BCUT2D eigenvalue weighted by Crippen LogP contribution is 2.19. The summed E-state index contributed by atoms with van der Waals surface area (Å²) in [6.45, 7) is 1.34. The number of rotatable bonds is 5. The second-order valence-electron chi connectivity index (χ2n) is 6.30. The van der Waals surface area contributed by atoms with Crippen molar-refractivity contribution >= 4 is 27.7 Å². The van der Waals surface area contributed by atoms with Crippen molar-refractivity contribution in [2.24, 2.45) is 11.1 Å². The summed E-state index contributed by atoms with van der Waals surface area (Å²) in [5, 5.41) is 9.83. The standard InChI is InChI=1S/C16H20ClN5O3S/c17-14-3-5-15(6-4-14)22-11-13(9-19-22)16(23)21-7-1-2-12(10-21)8-20-26(18,24)25/h3-6,9,11-12,20H,1-2,7-8,10H2,(H2,18,24,25). The first-order chi connectivity index (χ1) is 12.3. The quantitative estimate of drug-likeness (QED) is 0.788. The SMILES string of the molecule is NS(=O)(=O)NCC1CCCN(C(=O)c2cnn(-c3ccc(Cl)cc3)c2)C1. The number of nitrogens with two attached hydrogens (primary N) is 1. The maximum absolute atomic E-state index is 12.7. The number of amides is 1. The third-order valence-electron chi connectivity index (χ3n) is 4.30. The number of hydrogen-bond acceptors (Lipinski definition) is 4. The van der Waals surface area contributed by atoms with Crippen molar-refractivity contribution < 1.29 is 13.2 Å². The van der Waals surface area contributed by atoms with Crippen LogP contribution in [0.4, 0.5) is 0 Å². The summed E-state index contributed by atoms with van der Waals surface area (Å²) in [7, 11) is -3.72. The molecule has 0 bridgehead atoms. The van der Waals surface area contributed by atoms with Gasteiger partial charge in [-0.1, -0.05) is 11.6 Å². The van der Waals surface area contributed by atoms with E-state index in [1.54, 1.807) is 27.9 Å². The lowest BCUT2D eigenvalue weighted by Gasteiger charge is -2.32. The first-order valence-electron chi connectivity index (χ1n) is 8.19. The Morgan fingerprint density at radius 3 is 2.77 bits per heavy atom. The summed E-state index contributed by atoms with van der Waals surface area (Å²) >= 11 is 5.88. The van der Waals surface area contributed by atoms with Gasteiger partial charge in [0.25, 0.3) is 16.1 Å². The average Bonchev–Trinajstić information content (AvgIpc) is 3.10. The van der Waals surface area contributed by atoms with Crippen LogP contribution in [0.25, 0.3) is 5.69 Å². The number of benzene rings is 1. The van der Waals surface area contributed by atoms with Gasteiger partial charge < -0.3 is 4.90 Å². The van der Waals surface area contributed by atoms with Crippen LogP contribution in [-0.2, 0) is 10.2 Å². The van der Waals surface area contributed by atoms with E-state index in [4.69, 9.17) is 16.7 Å². The second kappa shape index (κ2) is 7.75. The van der Waals surface area contributed by atoms with Gasteiger partial charge in [0.2, 0.25) is 0 Å². The fourth-order valence-electron chi connectivity index (χ4n) is 3.00. The Morgan fingerprint density at radius 1 is 1.35 bits per heavy atom. The molecule has 10 heteroatoms. The van der Waals surface area contributed by atoms with Gasteiger partial charge in [0.05, 0.1) is 17.4 Å². The van der Waals surface area contributed by atoms with Gasteiger partial charge >= 0.3 is 0 Å². The number of hydrogen-bond donors (Lipinski definition) is 2. The van der Waals surface area contributed by atoms with Crippen LogP contribution in [0.15, 0.2) is 36.7 Å². The molecule has 26 heavy (non-hydrogen) atoms. The summed E-state index contributed by atoms with van der Waals surface area (Å²) in [4.78, 5) is 14.5. The fourth-order valence-corrected chi connectivity index (χ4v) is 3.59. The van der Waals surface area contributed by atoms with Crippen molar-refractivity contribution in [3.05, 3.63) is 47.2 Å². The predicted molar refractivity (Wildman–Crippen MR) is 98.3 cm³/mol. The number of carbonyl (C=O) groups is 1. The molecule has 3 rings (SSSR count). The lowest BCUT2D eigenvalue weighted by Crippen LogP contribution is -2.44. The zero-order valence-electron chi connectivity index (χ0n) is 14.0. The van der Waals surface area contributed by atoms with Gasteiger partial charge in [0.15, 0.2) is 0 Å². The molecule has 1 aliphatic heterocycles. The number of nitrogens with zero attached hydrogens (tertiary/aromatic N) is 3. The largest absolute Gasteiger partial charge is 0.338 e. The minimum atomic E-state index is -3.72. The molecule has 3 N–H and O–H groups in total. The molecule has 0 saturated carbocycles. The van der Waals surface area contributed by atoms with Crippen molar-refractivity contribution in [1.29, 1.82) is 0 Å². The lowest BCUT2D eigenvalue weighted by molar-refractivity contribution is 0.0676. The molecular formula is C16H20ClN5O3S. The maximum atomic E-state index is 12.7. The number of piperidine rings is 1. The van der Waals surface area contributed by atoms with Crippen LogP contribution < -0.4 is 9.86 Å². The van der Waals surface area contributed by atoms with Crippen molar-refractivity contribution in [2.75, 3.05) is 19.6 Å². The van der Waals surface area contributed by atoms with Crippen molar-refractivity contribution in [3.63, 3.8) is 0 Å². The molecule has 2 heterocycles. The summed E-state index contributed by atoms with van der Waals surface area (Å²) < 4.78 is 26.0. The zero-order valence-corrected chi connectivity index (χ0v) is 15.6. The van der Waals surface area contributed by atoms with E-state index in [1.807, 2.05) is 12.1 Å². The molecule has 1 aliphatic rings. The third-order valence-corrected chi connectivity index (χ3v) is 5.12. The Kier molecular flexibility index (Phi) is 5.61. The summed E-state index contributed by atoms with van der Waals surface area (Å²) in [5.41, 5.74) is 1.29. The smallest absolute Gasteiger partial charge is 0.274 e. The molecule has 140 valence electrons. The molecule has 0 spiro atoms. The van der Waals surface area contributed by atoms with Gasteiger partial charge in [-0.15, -0.1) is 0 Å². The molecule has 0 aliphatic carbocycles. The van der Waals surface area contributed by atoms with E-state index in [1.165, 1.54) is 6.20 Å². The number of halogens is 1. The Bertz CT molecular complexity index is 882. The minimum Gasteiger partial charge on any atom is -0.338 e. The molecule has 1 unspecified atom stereocenters. The van der Waals surface area contributed by atoms with Gasteiger partial charge in [-0.2, -0.15) is 13.5 Å². The Morgan fingerprint density at radius 2 is 2.08 bits per heavy atom. The molecule has 8 nitrogen and oxygen atoms in total. The highest BCUT2D eigenvalue weighted by molar-refractivity contribution is 7.87. The van der Waals surface area contributed by atoms with Crippen LogP contribution in [0.1, 0.15) is 23.2 Å². The molecule has 1 amide bonds. The molecular weight excluding hydrogens is 378 g/mol. The fraction of sp³-hybridized carbons (Fsp3) is 0.375. The molecule has 1 aromatic heterocycles. The molecule has 2 aromatic rings. The minimum absolute atomic E-state index is 0.0392. The van der Waals surface area contributed by atoms with Crippen LogP contribution in [0, 0.1) is 5.92 Å². The van der Waals surface area contributed by atoms with Crippen molar-refractivity contribution in [1.82, 2.24) is 19.4 Å². The van der Waals surface area contributed by atoms with Crippen LogP contribution in [0.3, 0.4) is 0 Å². The first kappa shape index (κ1) is 18.8. The van der Waals surface area contributed by atoms with E-state index >= 15 is 0 Å². The first-order valence-corrected chi connectivity index (χ1v) is 10.1. The molecule has 1 saturated heterocycles. The monoisotopic (exact) mass is 397 g/mol. The second-order valence-corrected chi connectivity index (χ2v) is 8.12. The van der Waals surface area contributed by atoms with Gasteiger partial charge in [-0.25, -0.2) is 14.5 Å². The topological polar surface area (TPSA) is 110 Å². The normalized spacial score (nSPS) is 18.1. The molecule has 1 aromatic carbocycles. The van der Waals surface area contributed by atoms with Crippen LogP contribution in [0.2, 0.25) is 5.02 Å². The highest BCUT2D eigenvalue weighted by Gasteiger charge is 2.26. The van der Waals surface area contributed by atoms with E-state index in [9.17, 15) is 13.2 Å². The van der Waals surface area contributed by atoms with Crippen LogP contribution in [0.5, 0.6) is 0 Å². The van der Waals surface area contributed by atoms with Crippen molar-refractivity contribution in [3.8, 4) is 5.69 Å². The maximum Gasteiger partial charge on any atom is 0.274 e. The summed E-state index contributed by atoms with van der Waals surface area (Å²) in [5.74, 6) is -0.0807. The van der Waals surface area contributed by atoms with Gasteiger partial charge in [-0.3, -0.25) is 4.79 Å². The third kappa shape index (κ3) is 4.82. The molecule has 1 atom stereocenters. The lowest BCUT2D eigenvalue weighted by atomic mass is 9.98. The van der Waals surface area contributed by atoms with Crippen LogP contribution >= 0.6 is 11.6 Å². The Labute approximate surface area is 157 Å².